The Morgan fingerprint density at radius 2 is 2.25 bits per heavy atom. The minimum atomic E-state index is -0.194. The lowest BCUT2D eigenvalue weighted by Crippen LogP contribution is -2.06. The van der Waals surface area contributed by atoms with E-state index in [-0.39, 0.29) is 5.38 Å². The van der Waals surface area contributed by atoms with Crippen LogP contribution in [0.4, 0.5) is 0 Å². The van der Waals surface area contributed by atoms with Gasteiger partial charge in [0.15, 0.2) is 0 Å². The molecule has 0 bridgehead atoms. The molecule has 0 aliphatic carbocycles. The van der Waals surface area contributed by atoms with Crippen LogP contribution < -0.4 is 4.74 Å². The lowest BCUT2D eigenvalue weighted by Gasteiger charge is -2.09. The Morgan fingerprint density at radius 3 is 2.90 bits per heavy atom. The fraction of sp³-hybridized carbons (Fsp3) is 0.286. The van der Waals surface area contributed by atoms with Crippen LogP contribution in [0.15, 0.2) is 35.1 Å². The zero-order valence-electron chi connectivity index (χ0n) is 11.2. The van der Waals surface area contributed by atoms with Crippen molar-refractivity contribution in [3.8, 4) is 5.75 Å². The van der Waals surface area contributed by atoms with Crippen LogP contribution in [0.5, 0.6) is 5.75 Å². The summed E-state index contributed by atoms with van der Waals surface area (Å²) in [6.07, 6.45) is 1.55. The Kier molecular flexibility index (Phi) is 3.36. The first-order valence-electron chi connectivity index (χ1n) is 6.26. The second-order valence-corrected chi connectivity index (χ2v) is 5.17. The highest BCUT2D eigenvalue weighted by atomic mass is 35.5. The van der Waals surface area contributed by atoms with Crippen LogP contribution in [0, 0.1) is 0 Å². The third kappa shape index (κ3) is 2.25. The number of hydrogen-bond acceptors (Lipinski definition) is 4. The quantitative estimate of drug-likeness (QED) is 0.692. The number of imidazole rings is 1. The average molecular weight is 292 g/mol. The second kappa shape index (κ2) is 5.17. The summed E-state index contributed by atoms with van der Waals surface area (Å²) >= 11 is 6.24. The van der Waals surface area contributed by atoms with Gasteiger partial charge in [-0.05, 0) is 19.1 Å². The van der Waals surface area contributed by atoms with E-state index in [1.807, 2.05) is 35.8 Å². The Morgan fingerprint density at radius 1 is 1.40 bits per heavy atom. The van der Waals surface area contributed by atoms with Gasteiger partial charge in [0.25, 0.3) is 0 Å². The van der Waals surface area contributed by atoms with Gasteiger partial charge in [0.1, 0.15) is 23.5 Å². The summed E-state index contributed by atoms with van der Waals surface area (Å²) < 4.78 is 12.2. The third-order valence-electron chi connectivity index (χ3n) is 3.15. The molecule has 0 saturated heterocycles. The van der Waals surface area contributed by atoms with Gasteiger partial charge in [0.05, 0.1) is 30.1 Å². The number of ether oxygens (including phenoxy) is 1. The first kappa shape index (κ1) is 13.0. The maximum absolute atomic E-state index is 6.24. The molecule has 2 aromatic heterocycles. The van der Waals surface area contributed by atoms with E-state index in [0.29, 0.717) is 6.54 Å². The molecule has 0 N–H and O–H groups in total. The Hall–Kier alpha value is -2.01. The largest absolute Gasteiger partial charge is 0.497 e. The molecule has 0 saturated carbocycles. The monoisotopic (exact) mass is 291 g/mol. The molecule has 1 atom stereocenters. The summed E-state index contributed by atoms with van der Waals surface area (Å²) in [5.74, 6) is 1.59. The first-order chi connectivity index (χ1) is 9.69. The van der Waals surface area contributed by atoms with Gasteiger partial charge in [-0.25, -0.2) is 4.98 Å². The van der Waals surface area contributed by atoms with Gasteiger partial charge < -0.3 is 13.8 Å². The summed E-state index contributed by atoms with van der Waals surface area (Å²) in [7, 11) is 1.64. The number of benzene rings is 1. The SMILES string of the molecule is COc1ccc2nc(C(C)Cl)n(Cc3ccon3)c2c1. The van der Waals surface area contributed by atoms with Crippen molar-refractivity contribution >= 4 is 22.6 Å². The number of aromatic nitrogens is 3. The van der Waals surface area contributed by atoms with E-state index in [2.05, 4.69) is 10.1 Å². The van der Waals surface area contributed by atoms with Crippen molar-refractivity contribution in [2.75, 3.05) is 7.11 Å². The molecule has 0 spiro atoms. The molecule has 6 heteroatoms. The number of fused-ring (bicyclic) bond motifs is 1. The summed E-state index contributed by atoms with van der Waals surface area (Å²) in [4.78, 5) is 4.59. The minimum Gasteiger partial charge on any atom is -0.497 e. The van der Waals surface area contributed by atoms with Gasteiger partial charge in [0.2, 0.25) is 0 Å². The van der Waals surface area contributed by atoms with E-state index >= 15 is 0 Å². The fourth-order valence-electron chi connectivity index (χ4n) is 2.20. The Labute approximate surface area is 121 Å². The van der Waals surface area contributed by atoms with Gasteiger partial charge in [-0.3, -0.25) is 0 Å². The van der Waals surface area contributed by atoms with Crippen LogP contribution in [0.3, 0.4) is 0 Å². The molecular weight excluding hydrogens is 278 g/mol. The maximum atomic E-state index is 6.24. The van der Waals surface area contributed by atoms with E-state index in [1.165, 1.54) is 0 Å². The van der Waals surface area contributed by atoms with Crippen molar-refractivity contribution in [3.05, 3.63) is 42.0 Å². The summed E-state index contributed by atoms with van der Waals surface area (Å²) in [5.41, 5.74) is 2.68. The number of nitrogens with zero attached hydrogens (tertiary/aromatic N) is 3. The Balaban J connectivity index is 2.16. The molecule has 0 radical (unpaired) electrons. The molecule has 20 heavy (non-hydrogen) atoms. The molecule has 1 aromatic carbocycles. The van der Waals surface area contributed by atoms with Crippen LogP contribution in [-0.2, 0) is 6.54 Å². The Bertz CT molecular complexity index is 719. The molecule has 3 aromatic rings. The summed E-state index contributed by atoms with van der Waals surface area (Å²) in [6, 6.07) is 7.59. The van der Waals surface area contributed by atoms with Crippen molar-refractivity contribution in [2.45, 2.75) is 18.8 Å². The van der Waals surface area contributed by atoms with Crippen LogP contribution >= 0.6 is 11.6 Å². The van der Waals surface area contributed by atoms with Crippen molar-refractivity contribution in [1.82, 2.24) is 14.7 Å². The van der Waals surface area contributed by atoms with E-state index in [4.69, 9.17) is 20.9 Å². The second-order valence-electron chi connectivity index (χ2n) is 4.52. The number of halogens is 1. The molecule has 0 aliphatic heterocycles. The minimum absolute atomic E-state index is 0.194. The predicted molar refractivity (Wildman–Crippen MR) is 76.2 cm³/mol. The van der Waals surface area contributed by atoms with Gasteiger partial charge in [-0.2, -0.15) is 0 Å². The highest BCUT2D eigenvalue weighted by Crippen LogP contribution is 2.27. The highest BCUT2D eigenvalue weighted by molar-refractivity contribution is 6.20. The number of alkyl halides is 1. The lowest BCUT2D eigenvalue weighted by atomic mass is 10.3. The lowest BCUT2D eigenvalue weighted by molar-refractivity contribution is 0.409. The van der Waals surface area contributed by atoms with Crippen molar-refractivity contribution in [2.24, 2.45) is 0 Å². The van der Waals surface area contributed by atoms with Gasteiger partial charge in [-0.15, -0.1) is 11.6 Å². The first-order valence-corrected chi connectivity index (χ1v) is 6.70. The molecule has 1 unspecified atom stereocenters. The average Bonchev–Trinajstić information content (AvgIpc) is 3.07. The standard InChI is InChI=1S/C14H14ClN3O2/c1-9(15)14-16-12-4-3-11(19-2)7-13(12)18(14)8-10-5-6-20-17-10/h3-7,9H,8H2,1-2H3. The zero-order chi connectivity index (χ0) is 14.1. The molecule has 0 amide bonds. The van der Waals surface area contributed by atoms with Crippen molar-refractivity contribution < 1.29 is 9.26 Å². The normalized spacial score (nSPS) is 12.8. The van der Waals surface area contributed by atoms with Crippen LogP contribution in [-0.4, -0.2) is 21.8 Å². The van der Waals surface area contributed by atoms with Gasteiger partial charge >= 0.3 is 0 Å². The molecule has 3 rings (SSSR count). The topological polar surface area (TPSA) is 53.1 Å². The van der Waals surface area contributed by atoms with Crippen molar-refractivity contribution in [3.63, 3.8) is 0 Å². The fourth-order valence-corrected chi connectivity index (χ4v) is 2.37. The van der Waals surface area contributed by atoms with Crippen LogP contribution in [0.2, 0.25) is 0 Å². The molecule has 0 fully saturated rings. The third-order valence-corrected chi connectivity index (χ3v) is 3.35. The molecule has 0 aliphatic rings. The van der Waals surface area contributed by atoms with E-state index < -0.39 is 0 Å². The van der Waals surface area contributed by atoms with E-state index in [0.717, 1.165) is 28.3 Å². The van der Waals surface area contributed by atoms with Crippen molar-refractivity contribution in [1.29, 1.82) is 0 Å². The van der Waals surface area contributed by atoms with Gasteiger partial charge in [0, 0.05) is 12.1 Å². The van der Waals surface area contributed by atoms with E-state index in [9.17, 15) is 0 Å². The predicted octanol–water partition coefficient (Wildman–Crippen LogP) is 3.38. The molecule has 5 nitrogen and oxygen atoms in total. The highest BCUT2D eigenvalue weighted by Gasteiger charge is 2.16. The number of hydrogen-bond donors (Lipinski definition) is 0. The van der Waals surface area contributed by atoms with Crippen LogP contribution in [0.1, 0.15) is 23.8 Å². The summed E-state index contributed by atoms with van der Waals surface area (Å²) in [5, 5.41) is 3.75. The molecular formula is C14H14ClN3O2. The number of rotatable bonds is 4. The maximum Gasteiger partial charge on any atom is 0.128 e. The number of methoxy groups -OCH3 is 1. The summed E-state index contributed by atoms with van der Waals surface area (Å²) in [6.45, 7) is 2.46. The molecule has 2 heterocycles. The molecule has 104 valence electrons. The van der Waals surface area contributed by atoms with E-state index in [1.54, 1.807) is 13.4 Å². The van der Waals surface area contributed by atoms with Crippen LogP contribution in [0.25, 0.3) is 11.0 Å². The smallest absolute Gasteiger partial charge is 0.128 e. The zero-order valence-corrected chi connectivity index (χ0v) is 12.0. The van der Waals surface area contributed by atoms with Gasteiger partial charge in [-0.1, -0.05) is 5.16 Å².